The first kappa shape index (κ1) is 24.9. The third kappa shape index (κ3) is 12.1. The van der Waals surface area contributed by atoms with Crippen molar-refractivity contribution in [2.45, 2.75) is 6.42 Å². The molecule has 10 nitrogen and oxygen atoms in total. The van der Waals surface area contributed by atoms with Crippen LogP contribution in [0.3, 0.4) is 0 Å². The van der Waals surface area contributed by atoms with Crippen molar-refractivity contribution in [2.24, 2.45) is 0 Å². The third-order valence-corrected chi connectivity index (χ3v) is 3.83. The van der Waals surface area contributed by atoms with Crippen molar-refractivity contribution in [3.63, 3.8) is 0 Å². The van der Waals surface area contributed by atoms with E-state index in [1.165, 1.54) is 0 Å². The maximum atomic E-state index is 11.5. The van der Waals surface area contributed by atoms with E-state index in [-0.39, 0.29) is 26.4 Å². The number of fused-ring (bicyclic) bond motifs is 1. The standard InChI is InChI=1S/C21H30O10/c22-20-17-21(23)31-16-12-27-8-6-25-10-14-29-19-4-2-1-3-18(19)28-13-9-24-5-7-26-11-15-30-20/h1-4H,5-17H2. The fourth-order valence-electron chi connectivity index (χ4n) is 2.40. The largest absolute Gasteiger partial charge is 0.487 e. The number of para-hydroxylation sites is 2. The molecule has 1 aliphatic rings. The first-order chi connectivity index (χ1) is 15.3. The topological polar surface area (TPSA) is 108 Å². The number of carbonyl (C=O) groups excluding carboxylic acids is 2. The Bertz CT molecular complexity index is 583. The fraction of sp³-hybridized carbons (Fsp3) is 0.619. The molecule has 0 unspecified atom stereocenters. The average Bonchev–Trinajstić information content (AvgIpc) is 2.76. The van der Waals surface area contributed by atoms with Crippen LogP contribution in [-0.2, 0) is 38.0 Å². The highest BCUT2D eigenvalue weighted by molar-refractivity contribution is 5.91. The highest BCUT2D eigenvalue weighted by atomic mass is 16.6. The summed E-state index contributed by atoms with van der Waals surface area (Å²) in [5.74, 6) is -0.0613. The minimum atomic E-state index is -0.663. The lowest BCUT2D eigenvalue weighted by Gasteiger charge is -2.13. The smallest absolute Gasteiger partial charge is 0.317 e. The lowest BCUT2D eigenvalue weighted by molar-refractivity contribution is -0.156. The van der Waals surface area contributed by atoms with Crippen LogP contribution in [0.15, 0.2) is 24.3 Å². The third-order valence-electron chi connectivity index (χ3n) is 3.83. The SMILES string of the molecule is O=C1CC(=O)OCCOCCOCCOc2ccccc2OCCOCCOCCO1. The predicted octanol–water partition coefficient (Wildman–Crippen LogP) is 1.00. The summed E-state index contributed by atoms with van der Waals surface area (Å²) in [4.78, 5) is 23.1. The number of hydrogen-bond acceptors (Lipinski definition) is 10. The van der Waals surface area contributed by atoms with Crippen molar-refractivity contribution in [3.05, 3.63) is 24.3 Å². The Labute approximate surface area is 181 Å². The van der Waals surface area contributed by atoms with Crippen molar-refractivity contribution in [1.82, 2.24) is 0 Å². The highest BCUT2D eigenvalue weighted by Crippen LogP contribution is 2.26. The van der Waals surface area contributed by atoms with Gasteiger partial charge >= 0.3 is 11.9 Å². The first-order valence-corrected chi connectivity index (χ1v) is 10.2. The number of esters is 2. The van der Waals surface area contributed by atoms with Crippen molar-refractivity contribution >= 4 is 11.9 Å². The van der Waals surface area contributed by atoms with Gasteiger partial charge in [-0.25, -0.2) is 0 Å². The number of rotatable bonds is 0. The molecule has 1 heterocycles. The summed E-state index contributed by atoms with van der Waals surface area (Å²) < 4.78 is 42.7. The molecule has 0 spiro atoms. The van der Waals surface area contributed by atoms with E-state index < -0.39 is 18.4 Å². The molecule has 174 valence electrons. The van der Waals surface area contributed by atoms with E-state index in [1.54, 1.807) is 0 Å². The second kappa shape index (κ2) is 16.3. The second-order valence-electron chi connectivity index (χ2n) is 6.21. The van der Waals surface area contributed by atoms with Crippen LogP contribution >= 0.6 is 0 Å². The van der Waals surface area contributed by atoms with Gasteiger partial charge in [0.1, 0.15) is 32.8 Å². The number of carbonyl (C=O) groups is 2. The van der Waals surface area contributed by atoms with Gasteiger partial charge in [-0.2, -0.15) is 0 Å². The molecule has 0 bridgehead atoms. The molecular formula is C21H30O10. The maximum absolute atomic E-state index is 11.5. The van der Waals surface area contributed by atoms with Gasteiger partial charge in [-0.05, 0) is 12.1 Å². The molecule has 1 aliphatic heterocycles. The molecular weight excluding hydrogens is 412 g/mol. The van der Waals surface area contributed by atoms with E-state index >= 15 is 0 Å². The molecule has 0 N–H and O–H groups in total. The van der Waals surface area contributed by atoms with E-state index in [0.29, 0.717) is 64.4 Å². The van der Waals surface area contributed by atoms with Crippen molar-refractivity contribution < 1.29 is 47.5 Å². The monoisotopic (exact) mass is 442 g/mol. The molecule has 1 aromatic carbocycles. The van der Waals surface area contributed by atoms with Crippen LogP contribution in [0.2, 0.25) is 0 Å². The molecule has 0 aromatic heterocycles. The summed E-state index contributed by atoms with van der Waals surface area (Å²) in [5.41, 5.74) is 0. The van der Waals surface area contributed by atoms with Gasteiger partial charge in [-0.15, -0.1) is 0 Å². The Kier molecular flexibility index (Phi) is 13.1. The number of hydrogen-bond donors (Lipinski definition) is 0. The zero-order valence-electron chi connectivity index (χ0n) is 17.6. The molecule has 31 heavy (non-hydrogen) atoms. The van der Waals surface area contributed by atoms with Gasteiger partial charge in [0.25, 0.3) is 0 Å². The average molecular weight is 442 g/mol. The number of benzene rings is 1. The molecule has 0 fully saturated rings. The number of ether oxygens (including phenoxy) is 8. The van der Waals surface area contributed by atoms with Gasteiger partial charge in [0.15, 0.2) is 11.5 Å². The van der Waals surface area contributed by atoms with E-state index in [4.69, 9.17) is 37.9 Å². The van der Waals surface area contributed by atoms with Gasteiger partial charge < -0.3 is 37.9 Å². The zero-order chi connectivity index (χ0) is 22.0. The molecule has 0 amide bonds. The summed E-state index contributed by atoms with van der Waals surface area (Å²) in [6.07, 6.45) is -0.450. The van der Waals surface area contributed by atoms with E-state index in [9.17, 15) is 9.59 Å². The zero-order valence-corrected chi connectivity index (χ0v) is 17.6. The fourth-order valence-corrected chi connectivity index (χ4v) is 2.40. The first-order valence-electron chi connectivity index (χ1n) is 10.2. The van der Waals surface area contributed by atoms with Gasteiger partial charge in [0.2, 0.25) is 0 Å². The lowest BCUT2D eigenvalue weighted by Crippen LogP contribution is -2.19. The summed E-state index contributed by atoms with van der Waals surface area (Å²) >= 11 is 0. The van der Waals surface area contributed by atoms with E-state index in [0.717, 1.165) is 0 Å². The maximum Gasteiger partial charge on any atom is 0.317 e. The molecule has 10 heteroatoms. The van der Waals surface area contributed by atoms with Crippen LogP contribution in [0.25, 0.3) is 0 Å². The van der Waals surface area contributed by atoms with Crippen LogP contribution in [-0.4, -0.2) is 91.2 Å². The van der Waals surface area contributed by atoms with Gasteiger partial charge in [0.05, 0.1) is 52.9 Å². The highest BCUT2D eigenvalue weighted by Gasteiger charge is 2.12. The van der Waals surface area contributed by atoms with E-state index in [1.807, 2.05) is 24.3 Å². The summed E-state index contributed by atoms with van der Waals surface area (Å²) in [6.45, 7) is 3.47. The van der Waals surface area contributed by atoms with Crippen LogP contribution in [0.4, 0.5) is 0 Å². The molecule has 0 atom stereocenters. The van der Waals surface area contributed by atoms with Gasteiger partial charge in [-0.1, -0.05) is 12.1 Å². The minimum Gasteiger partial charge on any atom is -0.487 e. The molecule has 0 saturated carbocycles. The quantitative estimate of drug-likeness (QED) is 0.426. The Morgan fingerprint density at radius 2 is 0.774 bits per heavy atom. The van der Waals surface area contributed by atoms with Crippen molar-refractivity contribution in [1.29, 1.82) is 0 Å². The summed E-state index contributed by atoms with van der Waals surface area (Å²) in [6, 6.07) is 7.39. The van der Waals surface area contributed by atoms with E-state index in [2.05, 4.69) is 0 Å². The summed E-state index contributed by atoms with van der Waals surface area (Å²) in [7, 11) is 0. The lowest BCUT2D eigenvalue weighted by atomic mass is 10.3. The Morgan fingerprint density at radius 1 is 0.452 bits per heavy atom. The van der Waals surface area contributed by atoms with Gasteiger partial charge in [0, 0.05) is 0 Å². The van der Waals surface area contributed by atoms with Crippen LogP contribution in [0.5, 0.6) is 11.5 Å². The Balaban J connectivity index is 1.73. The normalized spacial score (nSPS) is 19.9. The predicted molar refractivity (Wildman–Crippen MR) is 107 cm³/mol. The molecule has 1 aromatic rings. The minimum absolute atomic E-state index is 0.0507. The Morgan fingerprint density at radius 3 is 1.16 bits per heavy atom. The van der Waals surface area contributed by atoms with Crippen molar-refractivity contribution in [3.8, 4) is 11.5 Å². The van der Waals surface area contributed by atoms with Crippen LogP contribution in [0, 0.1) is 0 Å². The molecule has 2 rings (SSSR count). The van der Waals surface area contributed by atoms with Crippen LogP contribution < -0.4 is 9.47 Å². The summed E-state index contributed by atoms with van der Waals surface area (Å²) in [5, 5.41) is 0. The number of cyclic esters (lactones) is 2. The molecule has 0 saturated heterocycles. The Hall–Kier alpha value is -2.40. The second-order valence-corrected chi connectivity index (χ2v) is 6.21. The van der Waals surface area contributed by atoms with Crippen LogP contribution in [0.1, 0.15) is 6.42 Å². The molecule has 0 radical (unpaired) electrons. The molecule has 0 aliphatic carbocycles. The van der Waals surface area contributed by atoms with Gasteiger partial charge in [-0.3, -0.25) is 9.59 Å². The van der Waals surface area contributed by atoms with Crippen molar-refractivity contribution in [2.75, 3.05) is 79.3 Å².